The molecule has 0 unspecified atom stereocenters. The number of nitrogens with one attached hydrogen (secondary N) is 1. The maximum absolute atomic E-state index is 12.0. The first-order chi connectivity index (χ1) is 8.99. The Morgan fingerprint density at radius 3 is 2.84 bits per heavy atom. The molecule has 9 heteroatoms. The van der Waals surface area contributed by atoms with E-state index in [9.17, 15) is 8.42 Å². The van der Waals surface area contributed by atoms with E-state index in [1.165, 1.54) is 24.5 Å². The number of nitrogens with zero attached hydrogens (tertiary/aromatic N) is 2. The quantitative estimate of drug-likeness (QED) is 0.875. The largest absolute Gasteiger partial charge is 0.340 e. The molecule has 6 nitrogen and oxygen atoms in total. The monoisotopic (exact) mass is 365 g/mol. The predicted octanol–water partition coefficient (Wildman–Crippen LogP) is 2.01. The summed E-state index contributed by atoms with van der Waals surface area (Å²) in [5.41, 5.74) is 0. The zero-order valence-electron chi connectivity index (χ0n) is 9.51. The van der Waals surface area contributed by atoms with Gasteiger partial charge in [-0.3, -0.25) is 0 Å². The summed E-state index contributed by atoms with van der Waals surface area (Å²) in [5, 5.41) is 3.88. The Hall–Kier alpha value is -0.960. The Labute approximate surface area is 123 Å². The maximum atomic E-state index is 12.0. The molecule has 102 valence electrons. The zero-order valence-corrected chi connectivity index (χ0v) is 12.7. The van der Waals surface area contributed by atoms with Crippen molar-refractivity contribution in [2.75, 3.05) is 6.54 Å². The van der Waals surface area contributed by atoms with Gasteiger partial charge in [0.05, 0.1) is 9.92 Å². The van der Waals surface area contributed by atoms with Gasteiger partial charge in [-0.2, -0.15) is 4.98 Å². The van der Waals surface area contributed by atoms with Crippen LogP contribution in [0, 0.1) is 0 Å². The lowest BCUT2D eigenvalue weighted by Gasteiger charge is -2.06. The fraction of sp³-hybridized carbons (Fsp3) is 0.200. The van der Waals surface area contributed by atoms with Crippen molar-refractivity contribution in [1.82, 2.24) is 14.9 Å². The molecule has 0 amide bonds. The van der Waals surface area contributed by atoms with E-state index in [1.807, 2.05) is 0 Å². The van der Waals surface area contributed by atoms with Crippen LogP contribution < -0.4 is 4.72 Å². The molecule has 19 heavy (non-hydrogen) atoms. The second kappa shape index (κ2) is 6.00. The zero-order chi connectivity index (χ0) is 13.9. The summed E-state index contributed by atoms with van der Waals surface area (Å²) in [5.74, 6) is 0.375. The average molecular weight is 367 g/mol. The third-order valence-electron chi connectivity index (χ3n) is 2.24. The maximum Gasteiger partial charge on any atom is 0.240 e. The highest BCUT2D eigenvalue weighted by Gasteiger charge is 2.15. The predicted molar refractivity (Wildman–Crippen MR) is 72.3 cm³/mol. The molecule has 1 N–H and O–H groups in total. The second-order valence-corrected chi connectivity index (χ2v) is 6.59. The summed E-state index contributed by atoms with van der Waals surface area (Å²) in [4.78, 5) is 3.93. The normalized spacial score (nSPS) is 11.7. The van der Waals surface area contributed by atoms with Gasteiger partial charge >= 0.3 is 0 Å². The van der Waals surface area contributed by atoms with Gasteiger partial charge < -0.3 is 4.52 Å². The third-order valence-corrected chi connectivity index (χ3v) is 4.91. The molecule has 0 spiro atoms. The molecular weight excluding hydrogens is 358 g/mol. The summed E-state index contributed by atoms with van der Waals surface area (Å²) in [6, 6.07) is 4.39. The standard InChI is InChI=1S/C10H9BrClN3O3S/c11-8-5-7(1-2-9(8)12)19(16,17)15-4-3-10-13-6-14-18-10/h1-2,5-6,15H,3-4H2. The van der Waals surface area contributed by atoms with Crippen LogP contribution in [-0.4, -0.2) is 25.1 Å². The SMILES string of the molecule is O=S(=O)(NCCc1ncno1)c1ccc(Cl)c(Br)c1. The molecule has 0 aliphatic carbocycles. The molecule has 0 fully saturated rings. The van der Waals surface area contributed by atoms with Gasteiger partial charge in [-0.25, -0.2) is 13.1 Å². The Bertz CT molecular complexity index is 661. The van der Waals surface area contributed by atoms with Gasteiger partial charge in [0.25, 0.3) is 0 Å². The van der Waals surface area contributed by atoms with Gasteiger partial charge in [-0.05, 0) is 34.1 Å². The molecule has 2 aromatic rings. The highest BCUT2D eigenvalue weighted by atomic mass is 79.9. The second-order valence-electron chi connectivity index (χ2n) is 3.56. The van der Waals surface area contributed by atoms with Gasteiger partial charge in [0.1, 0.15) is 0 Å². The van der Waals surface area contributed by atoms with Crippen LogP contribution in [0.5, 0.6) is 0 Å². The van der Waals surface area contributed by atoms with Crippen molar-refractivity contribution >= 4 is 37.6 Å². The number of sulfonamides is 1. The average Bonchev–Trinajstić information content (AvgIpc) is 2.85. The van der Waals surface area contributed by atoms with Crippen molar-refractivity contribution in [1.29, 1.82) is 0 Å². The number of hydrogen-bond acceptors (Lipinski definition) is 5. The van der Waals surface area contributed by atoms with Gasteiger partial charge in [0.2, 0.25) is 15.9 Å². The van der Waals surface area contributed by atoms with E-state index in [-0.39, 0.29) is 11.4 Å². The molecule has 0 saturated carbocycles. The molecule has 0 atom stereocenters. The molecule has 0 radical (unpaired) electrons. The highest BCUT2D eigenvalue weighted by Crippen LogP contribution is 2.25. The summed E-state index contributed by atoms with van der Waals surface area (Å²) >= 11 is 8.99. The van der Waals surface area contributed by atoms with Crippen LogP contribution in [0.4, 0.5) is 0 Å². The van der Waals surface area contributed by atoms with E-state index in [0.717, 1.165) is 0 Å². The molecule has 0 saturated heterocycles. The summed E-state index contributed by atoms with van der Waals surface area (Å²) in [7, 11) is -3.58. The Morgan fingerprint density at radius 2 is 2.21 bits per heavy atom. The topological polar surface area (TPSA) is 85.1 Å². The van der Waals surface area contributed by atoms with Gasteiger partial charge in [0.15, 0.2) is 6.33 Å². The third kappa shape index (κ3) is 3.75. The molecule has 1 aromatic carbocycles. The molecule has 0 bridgehead atoms. The van der Waals surface area contributed by atoms with Crippen LogP contribution in [0.1, 0.15) is 5.89 Å². The molecular formula is C10H9BrClN3O3S. The van der Waals surface area contributed by atoms with Crippen LogP contribution in [-0.2, 0) is 16.4 Å². The highest BCUT2D eigenvalue weighted by molar-refractivity contribution is 9.10. The van der Waals surface area contributed by atoms with Crippen LogP contribution in [0.25, 0.3) is 0 Å². The Balaban J connectivity index is 2.03. The van der Waals surface area contributed by atoms with Gasteiger partial charge in [-0.1, -0.05) is 16.8 Å². The smallest absolute Gasteiger partial charge is 0.240 e. The van der Waals surface area contributed by atoms with Crippen molar-refractivity contribution in [2.45, 2.75) is 11.3 Å². The number of hydrogen-bond donors (Lipinski definition) is 1. The van der Waals surface area contributed by atoms with Crippen LogP contribution in [0.2, 0.25) is 5.02 Å². The number of rotatable bonds is 5. The Morgan fingerprint density at radius 1 is 1.42 bits per heavy atom. The van der Waals surface area contributed by atoms with Crippen LogP contribution in [0.15, 0.2) is 38.4 Å². The van der Waals surface area contributed by atoms with Crippen molar-refractivity contribution in [3.63, 3.8) is 0 Å². The molecule has 1 heterocycles. The minimum Gasteiger partial charge on any atom is -0.340 e. The van der Waals surface area contributed by atoms with E-state index < -0.39 is 10.0 Å². The lowest BCUT2D eigenvalue weighted by Crippen LogP contribution is -2.26. The van der Waals surface area contributed by atoms with E-state index in [1.54, 1.807) is 0 Å². The van der Waals surface area contributed by atoms with E-state index in [2.05, 4.69) is 30.8 Å². The fourth-order valence-corrected chi connectivity index (χ4v) is 3.03. The lowest BCUT2D eigenvalue weighted by atomic mass is 10.4. The van der Waals surface area contributed by atoms with E-state index in [0.29, 0.717) is 21.8 Å². The lowest BCUT2D eigenvalue weighted by molar-refractivity contribution is 0.377. The van der Waals surface area contributed by atoms with Gasteiger partial charge in [0, 0.05) is 17.4 Å². The first-order valence-corrected chi connectivity index (χ1v) is 7.85. The molecule has 0 aliphatic rings. The molecule has 0 aliphatic heterocycles. The minimum absolute atomic E-state index is 0.134. The summed E-state index contributed by atoms with van der Waals surface area (Å²) in [6.07, 6.45) is 1.59. The van der Waals surface area contributed by atoms with E-state index in [4.69, 9.17) is 16.1 Å². The van der Waals surface area contributed by atoms with Crippen molar-refractivity contribution < 1.29 is 12.9 Å². The number of aromatic nitrogens is 2. The van der Waals surface area contributed by atoms with Crippen LogP contribution >= 0.6 is 27.5 Å². The van der Waals surface area contributed by atoms with Crippen molar-refractivity contribution in [2.24, 2.45) is 0 Å². The number of halogens is 2. The number of benzene rings is 1. The first-order valence-electron chi connectivity index (χ1n) is 5.19. The first kappa shape index (κ1) is 14.4. The van der Waals surface area contributed by atoms with Gasteiger partial charge in [-0.15, -0.1) is 0 Å². The summed E-state index contributed by atoms with van der Waals surface area (Å²) < 4.78 is 31.7. The van der Waals surface area contributed by atoms with Crippen LogP contribution in [0.3, 0.4) is 0 Å². The minimum atomic E-state index is -3.58. The Kier molecular flexibility index (Phi) is 4.56. The molecule has 1 aromatic heterocycles. The van der Waals surface area contributed by atoms with Crippen molar-refractivity contribution in [3.8, 4) is 0 Å². The summed E-state index contributed by atoms with van der Waals surface area (Å²) in [6.45, 7) is 0.171. The van der Waals surface area contributed by atoms with Crippen molar-refractivity contribution in [3.05, 3.63) is 39.9 Å². The molecule has 2 rings (SSSR count). The van der Waals surface area contributed by atoms with E-state index >= 15 is 0 Å². The fourth-order valence-electron chi connectivity index (χ4n) is 1.33.